The number of hydrogen-bond donors (Lipinski definition) is 0. The van der Waals surface area contributed by atoms with E-state index in [9.17, 15) is 0 Å². The minimum Gasteiger partial charge on any atom is -0.476 e. The molecule has 7 atom stereocenters. The Morgan fingerprint density at radius 2 is 2.09 bits per heavy atom. The van der Waals surface area contributed by atoms with E-state index in [-0.39, 0.29) is 12.1 Å². The van der Waals surface area contributed by atoms with E-state index >= 15 is 0 Å². The fraction of sp³-hybridized carbons (Fsp3) is 0.833. The van der Waals surface area contributed by atoms with Gasteiger partial charge in [-0.05, 0) is 38.0 Å². The van der Waals surface area contributed by atoms with Gasteiger partial charge in [0.05, 0.1) is 0 Å². The molecule has 4 aliphatic heterocycles. The molecule has 4 heterocycles. The molecule has 2 bridgehead atoms. The molecule has 1 spiro atoms. The van der Waals surface area contributed by atoms with Crippen LogP contribution in [0.15, 0.2) is 17.6 Å². The topological polar surface area (TPSA) is 49.3 Å². The van der Waals surface area contributed by atoms with Crippen molar-refractivity contribution in [2.24, 2.45) is 28.7 Å². The van der Waals surface area contributed by atoms with E-state index in [1.807, 2.05) is 6.92 Å². The molecule has 5 aliphatic rings. The summed E-state index contributed by atoms with van der Waals surface area (Å²) in [6, 6.07) is 0. The van der Waals surface area contributed by atoms with Gasteiger partial charge in [-0.25, -0.2) is 14.8 Å². The molecule has 5 rings (SSSR count). The molecular weight excluding hydrogens is 294 g/mol. The van der Waals surface area contributed by atoms with Gasteiger partial charge in [-0.1, -0.05) is 26.5 Å². The third-order valence-electron chi connectivity index (χ3n) is 6.38. The molecule has 0 aromatic carbocycles. The van der Waals surface area contributed by atoms with Crippen LogP contribution in [0.2, 0.25) is 0 Å². The van der Waals surface area contributed by atoms with Crippen molar-refractivity contribution in [3.05, 3.63) is 12.7 Å². The summed E-state index contributed by atoms with van der Waals surface area (Å²) in [5.41, 5.74) is -0.464. The van der Waals surface area contributed by atoms with Crippen molar-refractivity contribution in [1.82, 2.24) is 0 Å². The lowest BCUT2D eigenvalue weighted by molar-refractivity contribution is -0.534. The third-order valence-corrected chi connectivity index (χ3v) is 6.38. The summed E-state index contributed by atoms with van der Waals surface area (Å²) in [5, 5.41) is 0. The van der Waals surface area contributed by atoms with Gasteiger partial charge in [0.1, 0.15) is 6.61 Å². The van der Waals surface area contributed by atoms with Crippen LogP contribution in [0.4, 0.5) is 0 Å². The van der Waals surface area contributed by atoms with Gasteiger partial charge in [0.2, 0.25) is 5.79 Å². The monoisotopic (exact) mass is 321 g/mol. The number of fused-ring (bicyclic) bond motifs is 2. The average molecular weight is 321 g/mol. The normalized spacial score (nSPS) is 51.4. The maximum absolute atomic E-state index is 6.30. The highest BCUT2D eigenvalue weighted by Crippen LogP contribution is 2.59. The van der Waals surface area contributed by atoms with E-state index in [0.29, 0.717) is 24.4 Å². The second-order valence-electron chi connectivity index (χ2n) is 7.79. The zero-order chi connectivity index (χ0) is 16.2. The SMILES string of the molecule is C=CCOC1=N[C@@H]2O[C@@]3(C)CC[C@H]4[C@H](C)CC[C@@H]([C@H]1C)[C@@]24OO3. The molecule has 1 aliphatic carbocycles. The molecule has 0 amide bonds. The van der Waals surface area contributed by atoms with E-state index < -0.39 is 11.4 Å². The lowest BCUT2D eigenvalue weighted by Gasteiger charge is -2.57. The van der Waals surface area contributed by atoms with Gasteiger partial charge in [-0.3, -0.25) is 0 Å². The van der Waals surface area contributed by atoms with Crippen LogP contribution in [-0.2, 0) is 19.2 Å². The summed E-state index contributed by atoms with van der Waals surface area (Å²) in [6.07, 6.45) is 5.64. The first-order chi connectivity index (χ1) is 11.0. The van der Waals surface area contributed by atoms with Gasteiger partial charge in [-0.2, -0.15) is 0 Å². The minimum absolute atomic E-state index is 0.204. The molecule has 1 saturated carbocycles. The summed E-state index contributed by atoms with van der Waals surface area (Å²) in [6.45, 7) is 10.7. The number of ether oxygens (including phenoxy) is 2. The minimum atomic E-state index is -0.703. The van der Waals surface area contributed by atoms with Gasteiger partial charge >= 0.3 is 0 Å². The number of aliphatic imine (C=N–C) groups is 1. The second kappa shape index (κ2) is 5.30. The number of nitrogens with zero attached hydrogens (tertiary/aromatic N) is 1. The van der Waals surface area contributed by atoms with Crippen molar-refractivity contribution in [2.45, 2.75) is 64.1 Å². The Hall–Kier alpha value is -0.910. The summed E-state index contributed by atoms with van der Waals surface area (Å²) in [7, 11) is 0. The highest BCUT2D eigenvalue weighted by molar-refractivity contribution is 5.80. The highest BCUT2D eigenvalue weighted by Gasteiger charge is 2.68. The van der Waals surface area contributed by atoms with Crippen LogP contribution in [0.1, 0.15) is 46.5 Å². The van der Waals surface area contributed by atoms with Crippen molar-refractivity contribution in [3.63, 3.8) is 0 Å². The van der Waals surface area contributed by atoms with E-state index in [1.165, 1.54) is 6.42 Å². The quantitative estimate of drug-likeness (QED) is 0.577. The molecule has 23 heavy (non-hydrogen) atoms. The van der Waals surface area contributed by atoms with Crippen LogP contribution >= 0.6 is 0 Å². The first-order valence-electron chi connectivity index (χ1n) is 8.86. The standard InChI is InChI=1S/C18H27NO4/c1-5-10-20-15-12(3)14-7-6-11(2)13-8-9-17(4)21-16(19-15)18(13,14)23-22-17/h5,11-14,16H,1,6-10H2,2-4H3/t11-,12-,13+,14+,16-,17-,18-/m1/s1. The third kappa shape index (κ3) is 2.13. The molecule has 0 unspecified atom stereocenters. The van der Waals surface area contributed by atoms with Crippen molar-refractivity contribution in [1.29, 1.82) is 0 Å². The predicted octanol–water partition coefficient (Wildman–Crippen LogP) is 3.45. The molecule has 0 radical (unpaired) electrons. The maximum atomic E-state index is 6.30. The zero-order valence-corrected chi connectivity index (χ0v) is 14.3. The molecule has 0 aromatic rings. The van der Waals surface area contributed by atoms with E-state index in [1.54, 1.807) is 6.08 Å². The summed E-state index contributed by atoms with van der Waals surface area (Å²) >= 11 is 0. The summed E-state index contributed by atoms with van der Waals surface area (Å²) in [5.74, 6) is 1.61. The van der Waals surface area contributed by atoms with Gasteiger partial charge in [0.15, 0.2) is 17.7 Å². The maximum Gasteiger partial charge on any atom is 0.201 e. The molecule has 4 fully saturated rings. The van der Waals surface area contributed by atoms with Gasteiger partial charge < -0.3 is 9.47 Å². The van der Waals surface area contributed by atoms with Gasteiger partial charge in [-0.15, -0.1) is 0 Å². The molecule has 128 valence electrons. The van der Waals surface area contributed by atoms with Crippen molar-refractivity contribution in [3.8, 4) is 0 Å². The van der Waals surface area contributed by atoms with Gasteiger partial charge in [0, 0.05) is 18.3 Å². The Kier molecular flexibility index (Phi) is 3.59. The van der Waals surface area contributed by atoms with E-state index in [4.69, 9.17) is 24.2 Å². The fourth-order valence-electron chi connectivity index (χ4n) is 5.14. The Morgan fingerprint density at radius 3 is 2.87 bits per heavy atom. The smallest absolute Gasteiger partial charge is 0.201 e. The van der Waals surface area contributed by atoms with E-state index in [0.717, 1.165) is 25.2 Å². The second-order valence-corrected chi connectivity index (χ2v) is 7.79. The lowest BCUT2D eigenvalue weighted by Crippen LogP contribution is -2.67. The molecule has 5 nitrogen and oxygen atoms in total. The van der Waals surface area contributed by atoms with Crippen LogP contribution in [0.25, 0.3) is 0 Å². The summed E-state index contributed by atoms with van der Waals surface area (Å²) in [4.78, 5) is 16.7. The van der Waals surface area contributed by atoms with E-state index in [2.05, 4.69) is 20.4 Å². The Balaban J connectivity index is 1.79. The molecule has 5 heteroatoms. The first kappa shape index (κ1) is 15.6. The highest BCUT2D eigenvalue weighted by atomic mass is 17.3. The molecule has 0 aromatic heterocycles. The predicted molar refractivity (Wildman–Crippen MR) is 85.5 cm³/mol. The van der Waals surface area contributed by atoms with Crippen LogP contribution in [-0.4, -0.2) is 30.1 Å². The zero-order valence-electron chi connectivity index (χ0n) is 14.3. The number of rotatable bonds is 2. The first-order valence-corrected chi connectivity index (χ1v) is 8.86. The van der Waals surface area contributed by atoms with Crippen molar-refractivity contribution < 1.29 is 19.2 Å². The lowest BCUT2D eigenvalue weighted by atomic mass is 9.58. The summed E-state index contributed by atoms with van der Waals surface area (Å²) < 4.78 is 12.1. The van der Waals surface area contributed by atoms with Crippen LogP contribution in [0, 0.1) is 23.7 Å². The van der Waals surface area contributed by atoms with Crippen LogP contribution in [0.3, 0.4) is 0 Å². The average Bonchev–Trinajstić information content (AvgIpc) is 2.76. The van der Waals surface area contributed by atoms with Crippen LogP contribution < -0.4 is 0 Å². The van der Waals surface area contributed by atoms with Crippen molar-refractivity contribution >= 4 is 5.90 Å². The Morgan fingerprint density at radius 1 is 1.26 bits per heavy atom. The Bertz CT molecular complexity index is 535. The van der Waals surface area contributed by atoms with Crippen LogP contribution in [0.5, 0.6) is 0 Å². The largest absolute Gasteiger partial charge is 0.476 e. The fourth-order valence-corrected chi connectivity index (χ4v) is 5.14. The molecule has 0 N–H and O–H groups in total. The van der Waals surface area contributed by atoms with Crippen molar-refractivity contribution in [2.75, 3.05) is 6.61 Å². The molecular formula is C18H27NO4. The van der Waals surface area contributed by atoms with Gasteiger partial charge in [0.25, 0.3) is 0 Å². The molecule has 3 saturated heterocycles. The number of hydrogen-bond acceptors (Lipinski definition) is 5. The Labute approximate surface area is 138 Å².